The molecule has 0 fully saturated rings. The number of thiophene rings is 1. The monoisotopic (exact) mass is 347 g/mol. The quantitative estimate of drug-likeness (QED) is 0.756. The summed E-state index contributed by atoms with van der Waals surface area (Å²) in [4.78, 5) is 26.0. The van der Waals surface area contributed by atoms with Crippen LogP contribution in [0.2, 0.25) is 0 Å². The molecule has 126 valence electrons. The Labute approximate surface area is 142 Å². The number of rotatable bonds is 8. The standard InChI is InChI=1S/C15H25N3O2S.ClH/c1-11(2)12(16)7-9-18(3)14(19)6-8-17-15(20)13-5-4-10-21-13;/h4-5,10-12H,6-9,16H2,1-3H3,(H,17,20);1H. The molecule has 1 heterocycles. The number of nitrogens with two attached hydrogens (primary N) is 1. The van der Waals surface area contributed by atoms with Gasteiger partial charge < -0.3 is 16.0 Å². The number of amides is 2. The third-order valence-electron chi connectivity index (χ3n) is 3.45. The number of nitrogens with zero attached hydrogens (tertiary/aromatic N) is 1. The Morgan fingerprint density at radius 1 is 1.41 bits per heavy atom. The number of carbonyl (C=O) groups excluding carboxylic acids is 2. The largest absolute Gasteiger partial charge is 0.351 e. The molecule has 0 aliphatic rings. The highest BCUT2D eigenvalue weighted by atomic mass is 35.5. The third kappa shape index (κ3) is 7.24. The van der Waals surface area contributed by atoms with Crippen molar-refractivity contribution in [3.05, 3.63) is 22.4 Å². The van der Waals surface area contributed by atoms with Crippen molar-refractivity contribution in [2.24, 2.45) is 11.7 Å². The van der Waals surface area contributed by atoms with Crippen LogP contribution in [0, 0.1) is 5.92 Å². The maximum atomic E-state index is 11.9. The average molecular weight is 348 g/mol. The highest BCUT2D eigenvalue weighted by Gasteiger charge is 2.13. The van der Waals surface area contributed by atoms with Crippen molar-refractivity contribution in [3.63, 3.8) is 0 Å². The van der Waals surface area contributed by atoms with Crippen molar-refractivity contribution in [2.45, 2.75) is 32.7 Å². The van der Waals surface area contributed by atoms with Crippen LogP contribution in [0.1, 0.15) is 36.4 Å². The van der Waals surface area contributed by atoms with Crippen molar-refractivity contribution < 1.29 is 9.59 Å². The topological polar surface area (TPSA) is 75.4 Å². The van der Waals surface area contributed by atoms with Gasteiger partial charge in [0.05, 0.1) is 4.88 Å². The van der Waals surface area contributed by atoms with Gasteiger partial charge in [-0.15, -0.1) is 23.7 Å². The van der Waals surface area contributed by atoms with Crippen LogP contribution in [0.3, 0.4) is 0 Å². The molecule has 0 spiro atoms. The van der Waals surface area contributed by atoms with Crippen LogP contribution in [0.15, 0.2) is 17.5 Å². The van der Waals surface area contributed by atoms with Crippen LogP contribution in [-0.4, -0.2) is 42.9 Å². The van der Waals surface area contributed by atoms with Crippen molar-refractivity contribution in [1.29, 1.82) is 0 Å². The van der Waals surface area contributed by atoms with Crippen LogP contribution < -0.4 is 11.1 Å². The second-order valence-electron chi connectivity index (χ2n) is 5.50. The molecule has 22 heavy (non-hydrogen) atoms. The van der Waals surface area contributed by atoms with Gasteiger partial charge in [-0.3, -0.25) is 9.59 Å². The Bertz CT molecular complexity index is 452. The summed E-state index contributed by atoms with van der Waals surface area (Å²) in [7, 11) is 1.77. The molecule has 0 aliphatic carbocycles. The second kappa shape index (κ2) is 10.6. The summed E-state index contributed by atoms with van der Waals surface area (Å²) < 4.78 is 0. The molecule has 0 radical (unpaired) electrons. The Morgan fingerprint density at radius 3 is 2.64 bits per heavy atom. The van der Waals surface area contributed by atoms with Crippen molar-refractivity contribution in [1.82, 2.24) is 10.2 Å². The maximum Gasteiger partial charge on any atom is 0.261 e. The number of halogens is 1. The Balaban J connectivity index is 0.00000441. The lowest BCUT2D eigenvalue weighted by Crippen LogP contribution is -2.36. The molecule has 0 saturated carbocycles. The lowest BCUT2D eigenvalue weighted by atomic mass is 10.0. The first-order valence-electron chi connectivity index (χ1n) is 7.23. The van der Waals surface area contributed by atoms with E-state index in [1.165, 1.54) is 11.3 Å². The molecule has 0 aromatic carbocycles. The van der Waals surface area contributed by atoms with Crippen molar-refractivity contribution in [2.75, 3.05) is 20.1 Å². The van der Waals surface area contributed by atoms with E-state index >= 15 is 0 Å². The third-order valence-corrected chi connectivity index (χ3v) is 4.32. The minimum atomic E-state index is -0.123. The molecule has 0 bridgehead atoms. The Hall–Kier alpha value is -1.11. The number of nitrogens with one attached hydrogen (secondary N) is 1. The molecule has 1 aromatic rings. The van der Waals surface area contributed by atoms with Gasteiger partial charge in [-0.05, 0) is 23.8 Å². The molecule has 2 amide bonds. The summed E-state index contributed by atoms with van der Waals surface area (Å²) in [5.41, 5.74) is 5.97. The lowest BCUT2D eigenvalue weighted by molar-refractivity contribution is -0.129. The first-order valence-corrected chi connectivity index (χ1v) is 8.11. The molecular weight excluding hydrogens is 322 g/mol. The van der Waals surface area contributed by atoms with Gasteiger partial charge >= 0.3 is 0 Å². The number of carbonyl (C=O) groups is 2. The summed E-state index contributed by atoms with van der Waals surface area (Å²) in [5, 5.41) is 4.61. The summed E-state index contributed by atoms with van der Waals surface area (Å²) in [6, 6.07) is 3.70. The number of hydrogen-bond donors (Lipinski definition) is 2. The summed E-state index contributed by atoms with van der Waals surface area (Å²) in [6.45, 7) is 5.16. The molecule has 1 unspecified atom stereocenters. The average Bonchev–Trinajstić information content (AvgIpc) is 2.97. The van der Waals surface area contributed by atoms with Crippen LogP contribution in [0.5, 0.6) is 0 Å². The minimum Gasteiger partial charge on any atom is -0.351 e. The predicted octanol–water partition coefficient (Wildman–Crippen LogP) is 2.12. The Kier molecular flexibility index (Phi) is 10.1. The first-order chi connectivity index (χ1) is 9.91. The molecular formula is C15H26ClN3O2S. The lowest BCUT2D eigenvalue weighted by Gasteiger charge is -2.21. The van der Waals surface area contributed by atoms with E-state index in [2.05, 4.69) is 19.2 Å². The summed E-state index contributed by atoms with van der Waals surface area (Å²) in [6.07, 6.45) is 1.10. The molecule has 1 rings (SSSR count). The van der Waals surface area contributed by atoms with Gasteiger partial charge in [-0.2, -0.15) is 0 Å². The van der Waals surface area contributed by atoms with Gasteiger partial charge in [0.25, 0.3) is 5.91 Å². The zero-order valence-corrected chi connectivity index (χ0v) is 15.0. The van der Waals surface area contributed by atoms with Gasteiger partial charge in [0.2, 0.25) is 5.91 Å². The molecule has 0 saturated heterocycles. The zero-order valence-electron chi connectivity index (χ0n) is 13.4. The van der Waals surface area contributed by atoms with E-state index in [1.807, 2.05) is 11.4 Å². The van der Waals surface area contributed by atoms with Crippen LogP contribution in [0.4, 0.5) is 0 Å². The minimum absolute atomic E-state index is 0. The van der Waals surface area contributed by atoms with Gasteiger partial charge in [0.1, 0.15) is 0 Å². The highest BCUT2D eigenvalue weighted by Crippen LogP contribution is 2.08. The van der Waals surface area contributed by atoms with E-state index in [9.17, 15) is 9.59 Å². The summed E-state index contributed by atoms with van der Waals surface area (Å²) in [5.74, 6) is 0.318. The maximum absolute atomic E-state index is 11.9. The van der Waals surface area contributed by atoms with Crippen molar-refractivity contribution >= 4 is 35.6 Å². The first kappa shape index (κ1) is 20.9. The molecule has 0 aliphatic heterocycles. The van der Waals surface area contributed by atoms with E-state index in [4.69, 9.17) is 5.73 Å². The molecule has 3 N–H and O–H groups in total. The van der Waals surface area contributed by atoms with Gasteiger partial charge in [-0.1, -0.05) is 19.9 Å². The second-order valence-corrected chi connectivity index (χ2v) is 6.44. The van der Waals surface area contributed by atoms with Gasteiger partial charge in [0.15, 0.2) is 0 Å². The van der Waals surface area contributed by atoms with E-state index in [1.54, 1.807) is 18.0 Å². The smallest absolute Gasteiger partial charge is 0.261 e. The van der Waals surface area contributed by atoms with Crippen LogP contribution in [0.25, 0.3) is 0 Å². The fourth-order valence-corrected chi connectivity index (χ4v) is 2.41. The van der Waals surface area contributed by atoms with Gasteiger partial charge in [0, 0.05) is 32.6 Å². The van der Waals surface area contributed by atoms with Crippen LogP contribution >= 0.6 is 23.7 Å². The Morgan fingerprint density at radius 2 is 2.09 bits per heavy atom. The fraction of sp³-hybridized carbons (Fsp3) is 0.600. The molecule has 7 heteroatoms. The highest BCUT2D eigenvalue weighted by molar-refractivity contribution is 7.12. The fourth-order valence-electron chi connectivity index (χ4n) is 1.77. The number of hydrogen-bond acceptors (Lipinski definition) is 4. The van der Waals surface area contributed by atoms with Gasteiger partial charge in [-0.25, -0.2) is 0 Å². The summed E-state index contributed by atoms with van der Waals surface area (Å²) >= 11 is 1.39. The van der Waals surface area contributed by atoms with Crippen LogP contribution in [-0.2, 0) is 4.79 Å². The van der Waals surface area contributed by atoms with E-state index in [0.29, 0.717) is 30.3 Å². The zero-order chi connectivity index (χ0) is 15.8. The SMILES string of the molecule is CC(C)C(N)CCN(C)C(=O)CCNC(=O)c1cccs1.Cl. The van der Waals surface area contributed by atoms with Crippen molar-refractivity contribution in [3.8, 4) is 0 Å². The normalized spacial score (nSPS) is 11.7. The van der Waals surface area contributed by atoms with E-state index in [-0.39, 0.29) is 30.3 Å². The predicted molar refractivity (Wildman–Crippen MR) is 93.6 cm³/mol. The van der Waals surface area contributed by atoms with E-state index in [0.717, 1.165) is 6.42 Å². The molecule has 5 nitrogen and oxygen atoms in total. The molecule has 1 aromatic heterocycles. The van der Waals surface area contributed by atoms with E-state index < -0.39 is 0 Å². The molecule has 1 atom stereocenters.